The van der Waals surface area contributed by atoms with Crippen molar-refractivity contribution in [2.75, 3.05) is 6.54 Å². The van der Waals surface area contributed by atoms with Gasteiger partial charge in [-0.15, -0.1) is 11.3 Å². The molecule has 0 aliphatic rings. The maximum absolute atomic E-state index is 11.8. The third-order valence-electron chi connectivity index (χ3n) is 3.00. The molecule has 1 amide bonds. The molecule has 2 aromatic heterocycles. The second kappa shape index (κ2) is 6.43. The van der Waals surface area contributed by atoms with Crippen molar-refractivity contribution in [3.05, 3.63) is 29.0 Å². The van der Waals surface area contributed by atoms with Gasteiger partial charge in [0, 0.05) is 19.4 Å². The lowest BCUT2D eigenvalue weighted by Crippen LogP contribution is -2.29. The van der Waals surface area contributed by atoms with Crippen LogP contribution in [0.1, 0.15) is 38.6 Å². The molecular weight excluding hydrogens is 284 g/mol. The molecular formula is C16H22N2O2S. The average molecular weight is 306 g/mol. The van der Waals surface area contributed by atoms with E-state index in [-0.39, 0.29) is 11.3 Å². The van der Waals surface area contributed by atoms with Crippen molar-refractivity contribution in [2.45, 2.75) is 40.5 Å². The molecule has 0 aliphatic heterocycles. The molecule has 1 N–H and O–H groups in total. The summed E-state index contributed by atoms with van der Waals surface area (Å²) in [6, 6.07) is 3.97. The number of aryl methyl sites for hydroxylation is 1. The van der Waals surface area contributed by atoms with Gasteiger partial charge in [0.05, 0.1) is 10.6 Å². The number of nitrogens with one attached hydrogen (secondary N) is 1. The van der Waals surface area contributed by atoms with Gasteiger partial charge in [-0.2, -0.15) is 0 Å². The van der Waals surface area contributed by atoms with Crippen LogP contribution in [0.25, 0.3) is 10.8 Å². The number of carbonyl (C=O) groups excluding carboxylic acids is 1. The third-order valence-corrected chi connectivity index (χ3v) is 3.86. The Labute approximate surface area is 129 Å². The summed E-state index contributed by atoms with van der Waals surface area (Å²) >= 11 is 1.61. The number of aromatic nitrogens is 1. The SMILES string of the molecule is Cc1oc(-c2cccs2)nc1CCNC(=O)CC(C)(C)C. The fraction of sp³-hybridized carbons (Fsp3) is 0.500. The van der Waals surface area contributed by atoms with Gasteiger partial charge < -0.3 is 9.73 Å². The quantitative estimate of drug-likeness (QED) is 0.914. The number of hydrogen-bond acceptors (Lipinski definition) is 4. The van der Waals surface area contributed by atoms with Gasteiger partial charge in [0.25, 0.3) is 0 Å². The highest BCUT2D eigenvalue weighted by atomic mass is 32.1. The van der Waals surface area contributed by atoms with E-state index in [9.17, 15) is 4.79 Å². The van der Waals surface area contributed by atoms with Gasteiger partial charge in [-0.05, 0) is 23.8 Å². The molecule has 0 saturated heterocycles. The lowest BCUT2D eigenvalue weighted by Gasteiger charge is -2.17. The number of oxazole rings is 1. The van der Waals surface area contributed by atoms with Gasteiger partial charge >= 0.3 is 0 Å². The average Bonchev–Trinajstić information content (AvgIpc) is 2.97. The largest absolute Gasteiger partial charge is 0.440 e. The summed E-state index contributed by atoms with van der Waals surface area (Å²) in [5.41, 5.74) is 0.926. The lowest BCUT2D eigenvalue weighted by atomic mass is 9.92. The molecule has 114 valence electrons. The molecule has 4 nitrogen and oxygen atoms in total. The first-order valence-corrected chi connectivity index (χ1v) is 8.00. The van der Waals surface area contributed by atoms with Crippen molar-refractivity contribution >= 4 is 17.2 Å². The zero-order chi connectivity index (χ0) is 15.5. The minimum atomic E-state index is 0.0141. The van der Waals surface area contributed by atoms with E-state index < -0.39 is 0 Å². The van der Waals surface area contributed by atoms with E-state index in [0.717, 1.165) is 16.3 Å². The van der Waals surface area contributed by atoms with Crippen LogP contribution < -0.4 is 5.32 Å². The molecule has 0 bridgehead atoms. The zero-order valence-electron chi connectivity index (χ0n) is 13.0. The predicted octanol–water partition coefficient (Wildman–Crippen LogP) is 3.81. The van der Waals surface area contributed by atoms with E-state index in [2.05, 4.69) is 31.1 Å². The molecule has 2 rings (SSSR count). The van der Waals surface area contributed by atoms with Crippen molar-refractivity contribution in [2.24, 2.45) is 5.41 Å². The van der Waals surface area contributed by atoms with E-state index in [1.165, 1.54) is 0 Å². The van der Waals surface area contributed by atoms with Crippen LogP contribution >= 0.6 is 11.3 Å². The van der Waals surface area contributed by atoms with E-state index in [4.69, 9.17) is 4.42 Å². The molecule has 0 aliphatic carbocycles. The smallest absolute Gasteiger partial charge is 0.236 e. The highest BCUT2D eigenvalue weighted by Crippen LogP contribution is 2.26. The monoisotopic (exact) mass is 306 g/mol. The van der Waals surface area contributed by atoms with E-state index >= 15 is 0 Å². The maximum atomic E-state index is 11.8. The lowest BCUT2D eigenvalue weighted by molar-refractivity contribution is -0.122. The Bertz CT molecular complexity index is 594. The molecule has 0 spiro atoms. The Morgan fingerprint density at radius 3 is 2.81 bits per heavy atom. The van der Waals surface area contributed by atoms with Crippen LogP contribution in [0.2, 0.25) is 0 Å². The summed E-state index contributed by atoms with van der Waals surface area (Å²) in [5, 5.41) is 4.94. The van der Waals surface area contributed by atoms with Crippen molar-refractivity contribution < 1.29 is 9.21 Å². The summed E-state index contributed by atoms with van der Waals surface area (Å²) in [4.78, 5) is 17.3. The Morgan fingerprint density at radius 2 is 2.19 bits per heavy atom. The number of hydrogen-bond donors (Lipinski definition) is 1. The maximum Gasteiger partial charge on any atom is 0.236 e. The summed E-state index contributed by atoms with van der Waals surface area (Å²) in [6.07, 6.45) is 1.22. The predicted molar refractivity (Wildman–Crippen MR) is 85.3 cm³/mol. The third kappa shape index (κ3) is 4.70. The fourth-order valence-corrected chi connectivity index (χ4v) is 2.68. The van der Waals surface area contributed by atoms with Crippen molar-refractivity contribution in [1.29, 1.82) is 0 Å². The Hall–Kier alpha value is -1.62. The van der Waals surface area contributed by atoms with Crippen molar-refractivity contribution in [3.63, 3.8) is 0 Å². The van der Waals surface area contributed by atoms with Gasteiger partial charge in [-0.25, -0.2) is 4.98 Å². The number of thiophene rings is 1. The molecule has 5 heteroatoms. The highest BCUT2D eigenvalue weighted by molar-refractivity contribution is 7.13. The second-order valence-electron chi connectivity index (χ2n) is 6.34. The van der Waals surface area contributed by atoms with Crippen molar-refractivity contribution in [1.82, 2.24) is 10.3 Å². The van der Waals surface area contributed by atoms with Gasteiger partial charge in [0.1, 0.15) is 5.76 Å². The first-order chi connectivity index (χ1) is 9.85. The van der Waals surface area contributed by atoms with E-state index in [0.29, 0.717) is 25.3 Å². The number of carbonyl (C=O) groups is 1. The number of amides is 1. The highest BCUT2D eigenvalue weighted by Gasteiger charge is 2.16. The Kier molecular flexibility index (Phi) is 4.83. The topological polar surface area (TPSA) is 55.1 Å². The summed E-state index contributed by atoms with van der Waals surface area (Å²) in [5.74, 6) is 1.57. The Morgan fingerprint density at radius 1 is 1.43 bits per heavy atom. The summed E-state index contributed by atoms with van der Waals surface area (Å²) in [6.45, 7) is 8.67. The van der Waals surface area contributed by atoms with Crippen LogP contribution in [0.15, 0.2) is 21.9 Å². The summed E-state index contributed by atoms with van der Waals surface area (Å²) in [7, 11) is 0. The van der Waals surface area contributed by atoms with Gasteiger partial charge in [0.2, 0.25) is 11.8 Å². The molecule has 0 aromatic carbocycles. The Balaban J connectivity index is 1.88. The molecule has 2 aromatic rings. The normalized spacial score (nSPS) is 11.6. The fourth-order valence-electron chi connectivity index (χ4n) is 2.03. The van der Waals surface area contributed by atoms with Gasteiger partial charge in [-0.3, -0.25) is 4.79 Å². The minimum Gasteiger partial charge on any atom is -0.440 e. The van der Waals surface area contributed by atoms with Crippen LogP contribution in [0.3, 0.4) is 0 Å². The van der Waals surface area contributed by atoms with E-state index in [1.807, 2.05) is 24.4 Å². The van der Waals surface area contributed by atoms with Gasteiger partial charge in [-0.1, -0.05) is 26.8 Å². The zero-order valence-corrected chi connectivity index (χ0v) is 13.8. The molecule has 0 unspecified atom stereocenters. The van der Waals surface area contributed by atoms with E-state index in [1.54, 1.807) is 11.3 Å². The van der Waals surface area contributed by atoms with Crippen LogP contribution in [0.4, 0.5) is 0 Å². The molecule has 0 fully saturated rings. The van der Waals surface area contributed by atoms with Crippen LogP contribution in [0, 0.1) is 12.3 Å². The van der Waals surface area contributed by atoms with Crippen molar-refractivity contribution in [3.8, 4) is 10.8 Å². The second-order valence-corrected chi connectivity index (χ2v) is 7.28. The van der Waals surface area contributed by atoms with Crippen LogP contribution in [-0.4, -0.2) is 17.4 Å². The van der Waals surface area contributed by atoms with Crippen LogP contribution in [0.5, 0.6) is 0 Å². The van der Waals surface area contributed by atoms with Gasteiger partial charge in [0.15, 0.2) is 0 Å². The first-order valence-electron chi connectivity index (χ1n) is 7.12. The number of rotatable bonds is 5. The first kappa shape index (κ1) is 15.8. The summed E-state index contributed by atoms with van der Waals surface area (Å²) < 4.78 is 5.68. The molecule has 21 heavy (non-hydrogen) atoms. The molecule has 0 atom stereocenters. The molecule has 0 saturated carbocycles. The molecule has 0 radical (unpaired) electrons. The molecule has 2 heterocycles. The number of nitrogens with zero attached hydrogens (tertiary/aromatic N) is 1. The standard InChI is InChI=1S/C16H22N2O2S/c1-11-12(7-8-17-14(19)10-16(2,3)4)18-15(20-11)13-6-5-9-21-13/h5-6,9H,7-8,10H2,1-4H3,(H,17,19). The van der Waals surface area contributed by atoms with Crippen LogP contribution in [-0.2, 0) is 11.2 Å². The minimum absolute atomic E-state index is 0.0141.